The number of carbonyl (C=O) groups is 1. The van der Waals surface area contributed by atoms with Crippen LogP contribution in [0.3, 0.4) is 0 Å². The van der Waals surface area contributed by atoms with Crippen LogP contribution in [-0.2, 0) is 10.3 Å². The molecule has 26 heavy (non-hydrogen) atoms. The zero-order valence-corrected chi connectivity index (χ0v) is 14.3. The summed E-state index contributed by atoms with van der Waals surface area (Å²) in [4.78, 5) is 12.3. The van der Waals surface area contributed by atoms with Gasteiger partial charge in [-0.1, -0.05) is 30.3 Å². The van der Waals surface area contributed by atoms with Crippen molar-refractivity contribution in [2.24, 2.45) is 5.92 Å². The second-order valence-corrected chi connectivity index (χ2v) is 6.49. The first-order chi connectivity index (χ1) is 12.5. The van der Waals surface area contributed by atoms with Gasteiger partial charge >= 0.3 is 0 Å². The van der Waals surface area contributed by atoms with E-state index in [2.05, 4.69) is 5.32 Å². The fourth-order valence-electron chi connectivity index (χ4n) is 3.34. The van der Waals surface area contributed by atoms with Gasteiger partial charge in [-0.3, -0.25) is 4.79 Å². The Balaban J connectivity index is 1.79. The number of ether oxygens (including phenoxy) is 1. The minimum absolute atomic E-state index is 0.00582. The van der Waals surface area contributed by atoms with Crippen LogP contribution in [0.5, 0.6) is 0 Å². The Kier molecular flexibility index (Phi) is 5.64. The summed E-state index contributed by atoms with van der Waals surface area (Å²) in [5.74, 6) is -2.74. The number of aliphatic hydroxyl groups is 1. The molecule has 0 aromatic heterocycles. The van der Waals surface area contributed by atoms with Gasteiger partial charge in [0.2, 0.25) is 0 Å². The molecule has 1 fully saturated rings. The summed E-state index contributed by atoms with van der Waals surface area (Å²) in [6.45, 7) is 1.08. The summed E-state index contributed by atoms with van der Waals surface area (Å²) >= 11 is 0. The lowest BCUT2D eigenvalue weighted by Gasteiger charge is -2.39. The van der Waals surface area contributed by atoms with Crippen LogP contribution in [0.1, 0.15) is 28.8 Å². The van der Waals surface area contributed by atoms with Crippen molar-refractivity contribution < 1.29 is 23.4 Å². The quantitative estimate of drug-likeness (QED) is 0.861. The molecule has 1 atom stereocenters. The third kappa shape index (κ3) is 3.92. The lowest BCUT2D eigenvalue weighted by atomic mass is 9.77. The number of nitrogens with one attached hydrogen (secondary N) is 1. The Hall–Kier alpha value is -2.31. The average Bonchev–Trinajstić information content (AvgIpc) is 2.69. The third-order valence-corrected chi connectivity index (χ3v) is 4.87. The van der Waals surface area contributed by atoms with Gasteiger partial charge < -0.3 is 15.2 Å². The van der Waals surface area contributed by atoms with Gasteiger partial charge in [-0.25, -0.2) is 8.78 Å². The minimum Gasteiger partial charge on any atom is -0.383 e. The molecule has 0 aliphatic carbocycles. The molecule has 2 N–H and O–H groups in total. The fourth-order valence-corrected chi connectivity index (χ4v) is 3.34. The normalized spacial score (nSPS) is 17.5. The van der Waals surface area contributed by atoms with E-state index in [1.165, 1.54) is 6.07 Å². The summed E-state index contributed by atoms with van der Waals surface area (Å²) < 4.78 is 31.8. The van der Waals surface area contributed by atoms with Gasteiger partial charge in [0.05, 0.1) is 6.54 Å². The molecular weight excluding hydrogens is 340 g/mol. The molecule has 138 valence electrons. The van der Waals surface area contributed by atoms with Crippen LogP contribution in [0.15, 0.2) is 48.5 Å². The van der Waals surface area contributed by atoms with Gasteiger partial charge in [0.15, 0.2) is 11.6 Å². The molecule has 2 aromatic carbocycles. The first-order valence-corrected chi connectivity index (χ1v) is 8.59. The highest BCUT2D eigenvalue weighted by Gasteiger charge is 2.39. The summed E-state index contributed by atoms with van der Waals surface area (Å²) in [5.41, 5.74) is -0.553. The number of rotatable bonds is 5. The van der Waals surface area contributed by atoms with E-state index in [-0.39, 0.29) is 18.0 Å². The van der Waals surface area contributed by atoms with Crippen LogP contribution in [-0.4, -0.2) is 30.8 Å². The molecule has 1 aliphatic heterocycles. The van der Waals surface area contributed by atoms with Crippen LogP contribution in [0.4, 0.5) is 8.78 Å². The molecule has 0 saturated carbocycles. The van der Waals surface area contributed by atoms with Gasteiger partial charge in [0, 0.05) is 18.8 Å². The predicted molar refractivity (Wildman–Crippen MR) is 92.6 cm³/mol. The number of carbonyl (C=O) groups excluding carboxylic acids is 1. The number of hydrogen-bond acceptors (Lipinski definition) is 3. The molecule has 4 nitrogen and oxygen atoms in total. The van der Waals surface area contributed by atoms with Crippen molar-refractivity contribution in [1.29, 1.82) is 0 Å². The van der Waals surface area contributed by atoms with Crippen molar-refractivity contribution in [1.82, 2.24) is 5.32 Å². The van der Waals surface area contributed by atoms with Gasteiger partial charge in [0.25, 0.3) is 5.91 Å². The molecule has 0 spiro atoms. The highest BCUT2D eigenvalue weighted by Crippen LogP contribution is 2.35. The molecule has 0 bridgehead atoms. The molecule has 1 saturated heterocycles. The smallest absolute Gasteiger partial charge is 0.251 e. The summed E-state index contributed by atoms with van der Waals surface area (Å²) in [6, 6.07) is 12.1. The van der Waals surface area contributed by atoms with E-state index in [1.807, 2.05) is 30.3 Å². The molecule has 1 aliphatic rings. The molecule has 6 heteroatoms. The van der Waals surface area contributed by atoms with Gasteiger partial charge in [-0.15, -0.1) is 0 Å². The minimum atomic E-state index is -1.26. The molecule has 0 radical (unpaired) electrons. The van der Waals surface area contributed by atoms with Crippen molar-refractivity contribution in [2.75, 3.05) is 19.8 Å². The molecule has 2 aromatic rings. The number of benzene rings is 2. The molecule has 0 unspecified atom stereocenters. The van der Waals surface area contributed by atoms with E-state index >= 15 is 0 Å². The topological polar surface area (TPSA) is 58.6 Å². The Morgan fingerprint density at radius 3 is 2.46 bits per heavy atom. The summed E-state index contributed by atoms with van der Waals surface area (Å²) in [7, 11) is 0. The van der Waals surface area contributed by atoms with E-state index in [4.69, 9.17) is 4.74 Å². The number of hydrogen-bond donors (Lipinski definition) is 2. The van der Waals surface area contributed by atoms with Crippen molar-refractivity contribution in [3.8, 4) is 0 Å². The SMILES string of the molecule is O=C(NC[C@@](O)(c1ccccc1)C1CCOCC1)c1ccc(F)c(F)c1. The Morgan fingerprint density at radius 2 is 1.81 bits per heavy atom. The second-order valence-electron chi connectivity index (χ2n) is 6.49. The number of amides is 1. The van der Waals surface area contributed by atoms with Crippen LogP contribution in [0.2, 0.25) is 0 Å². The van der Waals surface area contributed by atoms with E-state index < -0.39 is 23.1 Å². The van der Waals surface area contributed by atoms with Crippen molar-refractivity contribution in [2.45, 2.75) is 18.4 Å². The van der Waals surface area contributed by atoms with E-state index in [0.29, 0.717) is 31.6 Å². The van der Waals surface area contributed by atoms with E-state index in [1.54, 1.807) is 0 Å². The van der Waals surface area contributed by atoms with E-state index in [9.17, 15) is 18.7 Å². The second kappa shape index (κ2) is 7.93. The zero-order chi connectivity index (χ0) is 18.6. The van der Waals surface area contributed by atoms with Crippen LogP contribution >= 0.6 is 0 Å². The molecule has 1 heterocycles. The monoisotopic (exact) mass is 361 g/mol. The van der Waals surface area contributed by atoms with Crippen molar-refractivity contribution in [3.63, 3.8) is 0 Å². The maximum absolute atomic E-state index is 13.4. The average molecular weight is 361 g/mol. The van der Waals surface area contributed by atoms with Crippen molar-refractivity contribution >= 4 is 5.91 Å². The van der Waals surface area contributed by atoms with Gasteiger partial charge in [-0.05, 0) is 42.5 Å². The first kappa shape index (κ1) is 18.5. The predicted octanol–water partition coefficient (Wildman–Crippen LogP) is 3.01. The Labute approximate surface area is 150 Å². The van der Waals surface area contributed by atoms with Crippen molar-refractivity contribution in [3.05, 3.63) is 71.3 Å². The summed E-state index contributed by atoms with van der Waals surface area (Å²) in [6.07, 6.45) is 1.35. The Morgan fingerprint density at radius 1 is 1.12 bits per heavy atom. The summed E-state index contributed by atoms with van der Waals surface area (Å²) in [5, 5.41) is 14.1. The van der Waals surface area contributed by atoms with Gasteiger partial charge in [-0.2, -0.15) is 0 Å². The highest BCUT2D eigenvalue weighted by molar-refractivity contribution is 5.94. The first-order valence-electron chi connectivity index (χ1n) is 8.59. The molecule has 1 amide bonds. The number of halogens is 2. The van der Waals surface area contributed by atoms with Gasteiger partial charge in [0.1, 0.15) is 5.60 Å². The third-order valence-electron chi connectivity index (χ3n) is 4.87. The molecule has 3 rings (SSSR count). The largest absolute Gasteiger partial charge is 0.383 e. The maximum atomic E-state index is 13.4. The maximum Gasteiger partial charge on any atom is 0.251 e. The van der Waals surface area contributed by atoms with E-state index in [0.717, 1.165) is 12.1 Å². The van der Waals surface area contributed by atoms with Crippen LogP contribution in [0, 0.1) is 17.6 Å². The standard InChI is InChI=1S/C20H21F2NO3/c21-17-7-6-14(12-18(17)22)19(24)23-13-20(25,15-4-2-1-3-5-15)16-8-10-26-11-9-16/h1-7,12,16,25H,8-11,13H2,(H,23,24)/t20-/m1/s1. The zero-order valence-electron chi connectivity index (χ0n) is 14.3. The molecular formula is C20H21F2NO3. The fraction of sp³-hybridized carbons (Fsp3) is 0.350. The lowest BCUT2D eigenvalue weighted by Crippen LogP contribution is -2.47. The van der Waals surface area contributed by atoms with Crippen LogP contribution in [0.25, 0.3) is 0 Å². The highest BCUT2D eigenvalue weighted by atomic mass is 19.2. The Bertz CT molecular complexity index is 763. The van der Waals surface area contributed by atoms with Crippen LogP contribution < -0.4 is 5.32 Å². The lowest BCUT2D eigenvalue weighted by molar-refractivity contribution is -0.0680.